The third-order valence-corrected chi connectivity index (χ3v) is 9.05. The lowest BCUT2D eigenvalue weighted by atomic mass is 10.0. The van der Waals surface area contributed by atoms with E-state index in [0.717, 1.165) is 21.0 Å². The molecule has 2 amide bonds. The zero-order valence-corrected chi connectivity index (χ0v) is 25.4. The van der Waals surface area contributed by atoms with Crippen LogP contribution < -0.4 is 9.62 Å². The van der Waals surface area contributed by atoms with E-state index in [1.807, 2.05) is 61.5 Å². The van der Waals surface area contributed by atoms with Crippen molar-refractivity contribution in [2.75, 3.05) is 17.9 Å². The molecule has 4 rings (SSSR count). The number of likely N-dealkylation sites (N-methyl/N-ethyl adjacent to an activating group) is 1. The van der Waals surface area contributed by atoms with Crippen molar-refractivity contribution in [1.82, 2.24) is 10.2 Å². The second-order valence-corrected chi connectivity index (χ2v) is 12.4. The van der Waals surface area contributed by atoms with Crippen LogP contribution in [-0.2, 0) is 32.6 Å². The predicted octanol–water partition coefficient (Wildman–Crippen LogP) is 5.54. The molecule has 0 saturated heterocycles. The summed E-state index contributed by atoms with van der Waals surface area (Å²) in [6.07, 6.45) is 0.250. The number of carbonyl (C=O) groups excluding carboxylic acids is 2. The van der Waals surface area contributed by atoms with Crippen molar-refractivity contribution in [2.45, 2.75) is 37.8 Å². The highest BCUT2D eigenvalue weighted by molar-refractivity contribution is 7.92. The van der Waals surface area contributed by atoms with E-state index in [1.54, 1.807) is 37.3 Å². The first-order valence-corrected chi connectivity index (χ1v) is 15.4. The minimum Gasteiger partial charge on any atom is -0.357 e. The minimum absolute atomic E-state index is 0.0365. The summed E-state index contributed by atoms with van der Waals surface area (Å²) < 4.78 is 29.1. The summed E-state index contributed by atoms with van der Waals surface area (Å²) in [5.41, 5.74) is 3.65. The number of sulfonamides is 1. The number of benzene rings is 4. The highest BCUT2D eigenvalue weighted by Gasteiger charge is 2.34. The van der Waals surface area contributed by atoms with Gasteiger partial charge in [0.25, 0.3) is 10.0 Å². The Bertz CT molecular complexity index is 1630. The monoisotopic (exact) mass is 603 g/mol. The number of nitrogens with zero attached hydrogens (tertiary/aromatic N) is 2. The summed E-state index contributed by atoms with van der Waals surface area (Å²) in [7, 11) is -2.66. The molecule has 0 spiro atoms. The zero-order valence-electron chi connectivity index (χ0n) is 23.8. The summed E-state index contributed by atoms with van der Waals surface area (Å²) in [6, 6.07) is 29.1. The minimum atomic E-state index is -4.18. The molecular formula is C33H34ClN3O4S. The van der Waals surface area contributed by atoms with Crippen molar-refractivity contribution in [3.8, 4) is 0 Å². The van der Waals surface area contributed by atoms with E-state index in [9.17, 15) is 18.0 Å². The summed E-state index contributed by atoms with van der Waals surface area (Å²) in [5, 5.41) is 3.02. The van der Waals surface area contributed by atoms with E-state index < -0.39 is 28.5 Å². The largest absolute Gasteiger partial charge is 0.357 e. The summed E-state index contributed by atoms with van der Waals surface area (Å²) >= 11 is 6.31. The second kappa shape index (κ2) is 13.7. The number of hydrogen-bond donors (Lipinski definition) is 1. The van der Waals surface area contributed by atoms with Gasteiger partial charge in [-0.1, -0.05) is 96.0 Å². The van der Waals surface area contributed by atoms with Crippen molar-refractivity contribution >= 4 is 39.1 Å². The maximum atomic E-state index is 14.3. The standard InChI is InChI=1S/C33H34ClN3O4S/c1-24-14-17-27(18-15-24)22-36(31(33(39)35-3)20-26-10-6-4-7-11-26)32(38)23-37(30-21-28(34)19-16-25(30)2)42(40,41)29-12-8-5-9-13-29/h4-19,21,31H,20,22-23H2,1-3H3,(H,35,39)/t31-/m1/s1. The lowest BCUT2D eigenvalue weighted by Crippen LogP contribution is -2.53. The van der Waals surface area contributed by atoms with Crippen molar-refractivity contribution in [3.63, 3.8) is 0 Å². The fourth-order valence-electron chi connectivity index (χ4n) is 4.70. The van der Waals surface area contributed by atoms with Crippen LogP contribution in [0.25, 0.3) is 0 Å². The highest BCUT2D eigenvalue weighted by atomic mass is 35.5. The van der Waals surface area contributed by atoms with Gasteiger partial charge in [-0.2, -0.15) is 0 Å². The van der Waals surface area contributed by atoms with Crippen LogP contribution in [0.3, 0.4) is 0 Å². The van der Waals surface area contributed by atoms with Gasteiger partial charge in [-0.05, 0) is 54.8 Å². The average molecular weight is 604 g/mol. The molecule has 0 radical (unpaired) electrons. The molecule has 9 heteroatoms. The number of carbonyl (C=O) groups is 2. The SMILES string of the molecule is CNC(=O)[C@@H](Cc1ccccc1)N(Cc1ccc(C)cc1)C(=O)CN(c1cc(Cl)ccc1C)S(=O)(=O)c1ccccc1. The van der Waals surface area contributed by atoms with Crippen LogP contribution in [-0.4, -0.2) is 44.8 Å². The van der Waals surface area contributed by atoms with E-state index in [0.29, 0.717) is 10.6 Å². The van der Waals surface area contributed by atoms with Gasteiger partial charge in [-0.15, -0.1) is 0 Å². The van der Waals surface area contributed by atoms with Gasteiger partial charge in [-0.25, -0.2) is 8.42 Å². The van der Waals surface area contributed by atoms with E-state index >= 15 is 0 Å². The molecule has 218 valence electrons. The molecule has 42 heavy (non-hydrogen) atoms. The summed E-state index contributed by atoms with van der Waals surface area (Å²) in [5.74, 6) is -0.880. The topological polar surface area (TPSA) is 86.8 Å². The van der Waals surface area contributed by atoms with Gasteiger partial charge < -0.3 is 10.2 Å². The van der Waals surface area contributed by atoms with Crippen LogP contribution in [0.5, 0.6) is 0 Å². The Morgan fingerprint density at radius 2 is 1.45 bits per heavy atom. The molecule has 0 aliphatic carbocycles. The summed E-state index contributed by atoms with van der Waals surface area (Å²) in [4.78, 5) is 29.2. The van der Waals surface area contributed by atoms with Gasteiger partial charge in [0.05, 0.1) is 10.6 Å². The lowest BCUT2D eigenvalue weighted by Gasteiger charge is -2.34. The number of aryl methyl sites for hydroxylation is 2. The van der Waals surface area contributed by atoms with Crippen LogP contribution in [0.2, 0.25) is 5.02 Å². The molecular weight excluding hydrogens is 570 g/mol. The number of halogens is 1. The van der Waals surface area contributed by atoms with E-state index in [1.165, 1.54) is 30.1 Å². The summed E-state index contributed by atoms with van der Waals surface area (Å²) in [6.45, 7) is 3.30. The van der Waals surface area contributed by atoms with Crippen molar-refractivity contribution in [1.29, 1.82) is 0 Å². The van der Waals surface area contributed by atoms with Crippen LogP contribution in [0, 0.1) is 13.8 Å². The number of hydrogen-bond acceptors (Lipinski definition) is 4. The van der Waals surface area contributed by atoms with Gasteiger partial charge in [-0.3, -0.25) is 13.9 Å². The van der Waals surface area contributed by atoms with Crippen LogP contribution in [0.15, 0.2) is 108 Å². The Hall–Kier alpha value is -4.14. The number of amides is 2. The van der Waals surface area contributed by atoms with E-state index in [2.05, 4.69) is 5.32 Å². The fourth-order valence-corrected chi connectivity index (χ4v) is 6.35. The second-order valence-electron chi connectivity index (χ2n) is 10.1. The first kappa shape index (κ1) is 30.8. The first-order chi connectivity index (χ1) is 20.1. The van der Waals surface area contributed by atoms with Gasteiger partial charge >= 0.3 is 0 Å². The van der Waals surface area contributed by atoms with Crippen molar-refractivity contribution in [3.05, 3.63) is 130 Å². The number of anilines is 1. The molecule has 0 saturated carbocycles. The van der Waals surface area contributed by atoms with Gasteiger partial charge in [0.2, 0.25) is 11.8 Å². The molecule has 0 bridgehead atoms. The molecule has 7 nitrogen and oxygen atoms in total. The third kappa shape index (κ3) is 7.38. The molecule has 1 N–H and O–H groups in total. The molecule has 0 unspecified atom stereocenters. The molecule has 4 aromatic carbocycles. The average Bonchev–Trinajstić information content (AvgIpc) is 3.00. The maximum absolute atomic E-state index is 14.3. The van der Waals surface area contributed by atoms with Gasteiger partial charge in [0, 0.05) is 25.0 Å². The molecule has 0 fully saturated rings. The predicted molar refractivity (Wildman–Crippen MR) is 167 cm³/mol. The van der Waals surface area contributed by atoms with Crippen LogP contribution in [0.1, 0.15) is 22.3 Å². The highest BCUT2D eigenvalue weighted by Crippen LogP contribution is 2.30. The van der Waals surface area contributed by atoms with E-state index in [-0.39, 0.29) is 29.5 Å². The van der Waals surface area contributed by atoms with E-state index in [4.69, 9.17) is 11.6 Å². The number of nitrogens with one attached hydrogen (secondary N) is 1. The Balaban J connectivity index is 1.81. The first-order valence-electron chi connectivity index (χ1n) is 13.5. The zero-order chi connectivity index (χ0) is 30.3. The Morgan fingerprint density at radius 1 is 0.833 bits per heavy atom. The molecule has 0 aliphatic heterocycles. The lowest BCUT2D eigenvalue weighted by molar-refractivity contribution is -0.139. The Labute approximate surface area is 252 Å². The van der Waals surface area contributed by atoms with Crippen molar-refractivity contribution in [2.24, 2.45) is 0 Å². The Kier molecular flexibility index (Phi) is 10.0. The molecule has 4 aromatic rings. The normalized spacial score (nSPS) is 11.9. The smallest absolute Gasteiger partial charge is 0.264 e. The van der Waals surface area contributed by atoms with Gasteiger partial charge in [0.15, 0.2) is 0 Å². The molecule has 0 heterocycles. The number of rotatable bonds is 11. The molecule has 0 aromatic heterocycles. The maximum Gasteiger partial charge on any atom is 0.264 e. The van der Waals surface area contributed by atoms with Crippen LogP contribution in [0.4, 0.5) is 5.69 Å². The van der Waals surface area contributed by atoms with Gasteiger partial charge in [0.1, 0.15) is 12.6 Å². The van der Waals surface area contributed by atoms with Crippen LogP contribution >= 0.6 is 11.6 Å². The quantitative estimate of drug-likeness (QED) is 0.244. The Morgan fingerprint density at radius 3 is 2.07 bits per heavy atom. The molecule has 1 atom stereocenters. The van der Waals surface area contributed by atoms with Crippen molar-refractivity contribution < 1.29 is 18.0 Å². The third-order valence-electron chi connectivity index (χ3n) is 7.04. The molecule has 0 aliphatic rings. The fraction of sp³-hybridized carbons (Fsp3) is 0.212.